The van der Waals surface area contributed by atoms with Crippen LogP contribution in [-0.2, 0) is 0 Å². The smallest absolute Gasteiger partial charge is 0.407 e. The molecule has 0 bridgehead atoms. The van der Waals surface area contributed by atoms with Crippen molar-refractivity contribution >= 4 is 17.0 Å². The summed E-state index contributed by atoms with van der Waals surface area (Å²) in [4.78, 5) is 24.5. The molecule has 0 unspecified atom stereocenters. The fraction of sp³-hybridized carbons (Fsp3) is 0.176. The van der Waals surface area contributed by atoms with Crippen molar-refractivity contribution in [3.05, 3.63) is 70.7 Å². The maximum atomic E-state index is 12.6. The van der Waals surface area contributed by atoms with Crippen LogP contribution in [0.25, 0.3) is 11.1 Å². The number of nitrogens with zero attached hydrogens (tertiary/aromatic N) is 1. The van der Waals surface area contributed by atoms with Crippen LogP contribution in [0.15, 0.2) is 63.8 Å². The third-order valence-electron chi connectivity index (χ3n) is 3.71. The second kappa shape index (κ2) is 5.61. The van der Waals surface area contributed by atoms with Crippen LogP contribution in [0.5, 0.6) is 0 Å². The van der Waals surface area contributed by atoms with E-state index in [0.717, 1.165) is 4.57 Å². The number of benzene rings is 2. The van der Waals surface area contributed by atoms with Crippen molar-refractivity contribution in [1.82, 2.24) is 4.57 Å². The first-order valence-corrected chi connectivity index (χ1v) is 6.97. The molecule has 3 rings (SSSR count). The fourth-order valence-corrected chi connectivity index (χ4v) is 2.45. The Labute approximate surface area is 126 Å². The minimum Gasteiger partial charge on any atom is -0.407 e. The van der Waals surface area contributed by atoms with Crippen molar-refractivity contribution in [2.75, 3.05) is 0 Å². The molecular weight excluding hydrogens is 282 g/mol. The molecule has 0 aliphatic heterocycles. The molecular formula is C17H15NO4. The number of hydrogen-bond donors (Lipinski definition) is 1. The van der Waals surface area contributed by atoms with Gasteiger partial charge in [0.25, 0.3) is 0 Å². The molecule has 0 aliphatic carbocycles. The summed E-state index contributed by atoms with van der Waals surface area (Å²) in [6.07, 6.45) is -0.991. The van der Waals surface area contributed by atoms with Gasteiger partial charge < -0.3 is 9.52 Å². The van der Waals surface area contributed by atoms with Crippen molar-refractivity contribution in [3.63, 3.8) is 0 Å². The average Bonchev–Trinajstić information content (AvgIpc) is 2.89. The Bertz CT molecular complexity index is 863. The third kappa shape index (κ3) is 2.35. The van der Waals surface area contributed by atoms with Crippen LogP contribution in [0.2, 0.25) is 0 Å². The second-order valence-corrected chi connectivity index (χ2v) is 5.15. The van der Waals surface area contributed by atoms with Gasteiger partial charge in [-0.15, -0.1) is 0 Å². The highest BCUT2D eigenvalue weighted by molar-refractivity contribution is 5.90. The first-order valence-electron chi connectivity index (χ1n) is 6.97. The molecule has 5 heteroatoms. The summed E-state index contributed by atoms with van der Waals surface area (Å²) in [5.74, 6) is -2.01. The standard InChI is InChI=1S/C17H15NO4/c1-11(15(19)12-7-3-2-4-8-12)16(20)18-13-9-5-6-10-14(13)22-17(18)21/h2-11,15,19H,1H3/t11-,15-/m0/s1. The lowest BCUT2D eigenvalue weighted by Crippen LogP contribution is -2.31. The van der Waals surface area contributed by atoms with Crippen molar-refractivity contribution in [2.24, 2.45) is 5.92 Å². The Morgan fingerprint density at radius 1 is 1.09 bits per heavy atom. The van der Waals surface area contributed by atoms with Crippen LogP contribution < -0.4 is 5.76 Å². The van der Waals surface area contributed by atoms with Gasteiger partial charge in [-0.05, 0) is 17.7 Å². The van der Waals surface area contributed by atoms with E-state index in [0.29, 0.717) is 16.7 Å². The van der Waals surface area contributed by atoms with E-state index in [1.165, 1.54) is 0 Å². The number of hydrogen-bond acceptors (Lipinski definition) is 4. The van der Waals surface area contributed by atoms with Gasteiger partial charge in [0.05, 0.1) is 17.5 Å². The highest BCUT2D eigenvalue weighted by Crippen LogP contribution is 2.24. The molecule has 0 amide bonds. The second-order valence-electron chi connectivity index (χ2n) is 5.15. The SMILES string of the molecule is C[C@H](C(=O)n1c(=O)oc2ccccc21)[C@H](O)c1ccccc1. The average molecular weight is 297 g/mol. The van der Waals surface area contributed by atoms with E-state index in [-0.39, 0.29) is 0 Å². The van der Waals surface area contributed by atoms with E-state index in [4.69, 9.17) is 4.42 Å². The van der Waals surface area contributed by atoms with Crippen LogP contribution in [0.3, 0.4) is 0 Å². The van der Waals surface area contributed by atoms with Gasteiger partial charge in [0.15, 0.2) is 5.58 Å². The molecule has 0 saturated heterocycles. The van der Waals surface area contributed by atoms with Crippen LogP contribution in [0.1, 0.15) is 23.4 Å². The summed E-state index contributed by atoms with van der Waals surface area (Å²) < 4.78 is 6.04. The molecule has 0 aliphatic rings. The van der Waals surface area contributed by atoms with Crippen LogP contribution in [0.4, 0.5) is 0 Å². The molecule has 0 radical (unpaired) electrons. The van der Waals surface area contributed by atoms with Gasteiger partial charge in [0.2, 0.25) is 5.91 Å². The number of aliphatic hydroxyl groups is 1. The van der Waals surface area contributed by atoms with Gasteiger partial charge in [-0.2, -0.15) is 0 Å². The topological polar surface area (TPSA) is 72.4 Å². The summed E-state index contributed by atoms with van der Waals surface area (Å²) in [7, 11) is 0. The number of aliphatic hydroxyl groups excluding tert-OH is 1. The Hall–Kier alpha value is -2.66. The van der Waals surface area contributed by atoms with E-state index < -0.39 is 23.7 Å². The van der Waals surface area contributed by atoms with Gasteiger partial charge in [0.1, 0.15) is 0 Å². The minimum absolute atomic E-state index is 0.349. The Morgan fingerprint density at radius 2 is 1.73 bits per heavy atom. The van der Waals surface area contributed by atoms with Gasteiger partial charge >= 0.3 is 5.76 Å². The number of aromatic nitrogens is 1. The number of rotatable bonds is 3. The molecule has 2 aromatic carbocycles. The highest BCUT2D eigenvalue weighted by Gasteiger charge is 2.27. The lowest BCUT2D eigenvalue weighted by Gasteiger charge is -2.17. The molecule has 1 N–H and O–H groups in total. The van der Waals surface area contributed by atoms with Gasteiger partial charge in [-0.3, -0.25) is 4.79 Å². The predicted octanol–water partition coefficient (Wildman–Crippen LogP) is 2.60. The van der Waals surface area contributed by atoms with E-state index in [2.05, 4.69) is 0 Å². The third-order valence-corrected chi connectivity index (χ3v) is 3.71. The van der Waals surface area contributed by atoms with Crippen LogP contribution in [-0.4, -0.2) is 15.6 Å². The van der Waals surface area contributed by atoms with E-state index in [1.54, 1.807) is 55.5 Å². The molecule has 5 nitrogen and oxygen atoms in total. The maximum Gasteiger partial charge on any atom is 0.426 e. The molecule has 22 heavy (non-hydrogen) atoms. The quantitative estimate of drug-likeness (QED) is 0.806. The van der Waals surface area contributed by atoms with Crippen LogP contribution in [0, 0.1) is 5.92 Å². The molecule has 3 aromatic rings. The Balaban J connectivity index is 1.99. The molecule has 2 atom stereocenters. The molecule has 0 fully saturated rings. The summed E-state index contributed by atoms with van der Waals surface area (Å²) in [6, 6.07) is 15.6. The van der Waals surface area contributed by atoms with E-state index >= 15 is 0 Å². The monoisotopic (exact) mass is 297 g/mol. The lowest BCUT2D eigenvalue weighted by atomic mass is 9.96. The van der Waals surface area contributed by atoms with Crippen molar-refractivity contribution in [3.8, 4) is 0 Å². The predicted molar refractivity (Wildman–Crippen MR) is 81.7 cm³/mol. The molecule has 0 spiro atoms. The zero-order chi connectivity index (χ0) is 15.7. The van der Waals surface area contributed by atoms with Gasteiger partial charge in [0, 0.05) is 0 Å². The number of para-hydroxylation sites is 2. The molecule has 1 aromatic heterocycles. The Kier molecular flexibility index (Phi) is 3.65. The molecule has 1 heterocycles. The fourth-order valence-electron chi connectivity index (χ4n) is 2.45. The van der Waals surface area contributed by atoms with Crippen molar-refractivity contribution in [2.45, 2.75) is 13.0 Å². The Morgan fingerprint density at radius 3 is 2.45 bits per heavy atom. The number of carbonyl (C=O) groups is 1. The maximum absolute atomic E-state index is 12.6. The van der Waals surface area contributed by atoms with E-state index in [1.807, 2.05) is 6.07 Å². The summed E-state index contributed by atoms with van der Waals surface area (Å²) in [5.41, 5.74) is 1.39. The van der Waals surface area contributed by atoms with Crippen LogP contribution >= 0.6 is 0 Å². The van der Waals surface area contributed by atoms with Gasteiger partial charge in [-0.1, -0.05) is 49.4 Å². The summed E-state index contributed by atoms with van der Waals surface area (Å²) in [6.45, 7) is 1.59. The summed E-state index contributed by atoms with van der Waals surface area (Å²) in [5, 5.41) is 10.4. The zero-order valence-corrected chi connectivity index (χ0v) is 12.0. The molecule has 112 valence electrons. The number of carbonyl (C=O) groups excluding carboxylic acids is 1. The number of oxazole rings is 1. The minimum atomic E-state index is -0.991. The largest absolute Gasteiger partial charge is 0.426 e. The molecule has 0 saturated carbocycles. The van der Waals surface area contributed by atoms with Crippen molar-refractivity contribution < 1.29 is 14.3 Å². The normalized spacial score (nSPS) is 13.9. The highest BCUT2D eigenvalue weighted by atomic mass is 16.4. The first kappa shape index (κ1) is 14.3. The number of fused-ring (bicyclic) bond motifs is 1. The summed E-state index contributed by atoms with van der Waals surface area (Å²) >= 11 is 0. The van der Waals surface area contributed by atoms with Crippen molar-refractivity contribution in [1.29, 1.82) is 0 Å². The zero-order valence-electron chi connectivity index (χ0n) is 12.0. The van der Waals surface area contributed by atoms with Gasteiger partial charge in [-0.25, -0.2) is 9.36 Å². The van der Waals surface area contributed by atoms with E-state index in [9.17, 15) is 14.7 Å². The lowest BCUT2D eigenvalue weighted by molar-refractivity contribution is 0.0626. The first-order chi connectivity index (χ1) is 10.6.